The lowest BCUT2D eigenvalue weighted by atomic mass is 10.1. The average molecular weight is 520 g/mol. The highest BCUT2D eigenvalue weighted by atomic mass is 32.2. The molecule has 0 saturated carbocycles. The number of para-hydroxylation sites is 2. The lowest BCUT2D eigenvalue weighted by Gasteiger charge is -2.27. The minimum absolute atomic E-state index is 0.0818. The molecule has 4 aromatic rings. The Bertz CT molecular complexity index is 1680. The van der Waals surface area contributed by atoms with Crippen molar-refractivity contribution in [2.24, 2.45) is 10.1 Å². The van der Waals surface area contributed by atoms with Crippen LogP contribution in [0.4, 0.5) is 5.69 Å². The summed E-state index contributed by atoms with van der Waals surface area (Å²) in [6.45, 7) is 5.60. The van der Waals surface area contributed by atoms with Crippen LogP contribution in [0.5, 0.6) is 5.75 Å². The lowest BCUT2D eigenvalue weighted by molar-refractivity contribution is 0.0880. The molecule has 3 heterocycles. The van der Waals surface area contributed by atoms with Gasteiger partial charge in [-0.3, -0.25) is 14.1 Å². The quantitative estimate of drug-likeness (QED) is 0.354. The molecule has 0 aliphatic carbocycles. The maximum Gasteiger partial charge on any atom is 0.344 e. The highest BCUT2D eigenvalue weighted by Crippen LogP contribution is 2.31. The van der Waals surface area contributed by atoms with Gasteiger partial charge in [-0.05, 0) is 57.2 Å². The summed E-state index contributed by atoms with van der Waals surface area (Å²) in [5.74, 6) is 1.22. The van der Waals surface area contributed by atoms with E-state index in [1.807, 2.05) is 49.6 Å². The van der Waals surface area contributed by atoms with E-state index < -0.39 is 15.7 Å². The molecule has 0 bridgehead atoms. The molecule has 2 aromatic heterocycles. The molecule has 190 valence electrons. The SMILES string of the molecule is Cc1nc2ccccc2n1-c1cc(C(=O)NC(C)(C)COc2cccc3c2C(N)=NS(=O)(=O)N3)ccn1. The molecule has 0 atom stereocenters. The Morgan fingerprint density at radius 1 is 1.16 bits per heavy atom. The van der Waals surface area contributed by atoms with E-state index in [1.165, 1.54) is 0 Å². The fourth-order valence-corrected chi connectivity index (χ4v) is 4.97. The van der Waals surface area contributed by atoms with Crippen molar-refractivity contribution in [1.29, 1.82) is 0 Å². The Morgan fingerprint density at radius 2 is 1.95 bits per heavy atom. The highest BCUT2D eigenvalue weighted by molar-refractivity contribution is 7.91. The third-order valence-corrected chi connectivity index (χ3v) is 6.66. The maximum atomic E-state index is 13.2. The first-order valence-electron chi connectivity index (χ1n) is 11.4. The van der Waals surface area contributed by atoms with Gasteiger partial charge in [0.15, 0.2) is 5.84 Å². The smallest absolute Gasteiger partial charge is 0.344 e. The number of aryl methyl sites for hydroxylation is 1. The Morgan fingerprint density at radius 3 is 2.76 bits per heavy atom. The van der Waals surface area contributed by atoms with Crippen molar-refractivity contribution >= 4 is 38.7 Å². The van der Waals surface area contributed by atoms with E-state index in [9.17, 15) is 13.2 Å². The van der Waals surface area contributed by atoms with Crippen molar-refractivity contribution in [3.8, 4) is 11.6 Å². The number of rotatable bonds is 6. The third kappa shape index (κ3) is 4.83. The number of anilines is 1. The van der Waals surface area contributed by atoms with Crippen LogP contribution in [0.3, 0.4) is 0 Å². The monoisotopic (exact) mass is 519 g/mol. The van der Waals surface area contributed by atoms with Gasteiger partial charge in [-0.2, -0.15) is 8.42 Å². The fraction of sp³-hybridized carbons (Fsp3) is 0.200. The lowest BCUT2D eigenvalue weighted by Crippen LogP contribution is -2.48. The Labute approximate surface area is 213 Å². The van der Waals surface area contributed by atoms with Gasteiger partial charge >= 0.3 is 10.2 Å². The first-order chi connectivity index (χ1) is 17.5. The molecule has 0 unspecified atom stereocenters. The number of pyridine rings is 1. The minimum atomic E-state index is -3.90. The zero-order valence-corrected chi connectivity index (χ0v) is 21.2. The number of nitrogens with two attached hydrogens (primary N) is 1. The van der Waals surface area contributed by atoms with Crippen LogP contribution in [0, 0.1) is 6.92 Å². The summed E-state index contributed by atoms with van der Waals surface area (Å²) in [6, 6.07) is 16.0. The number of amides is 1. The van der Waals surface area contributed by atoms with E-state index in [2.05, 4.69) is 24.4 Å². The summed E-state index contributed by atoms with van der Waals surface area (Å²) in [4.78, 5) is 22.2. The van der Waals surface area contributed by atoms with Crippen LogP contribution in [0.2, 0.25) is 0 Å². The van der Waals surface area contributed by atoms with Gasteiger partial charge < -0.3 is 15.8 Å². The maximum absolute atomic E-state index is 13.2. The summed E-state index contributed by atoms with van der Waals surface area (Å²) in [5, 5.41) is 2.98. The van der Waals surface area contributed by atoms with Gasteiger partial charge in [0.2, 0.25) is 0 Å². The van der Waals surface area contributed by atoms with Crippen LogP contribution in [0.25, 0.3) is 16.9 Å². The molecule has 1 amide bonds. The summed E-state index contributed by atoms with van der Waals surface area (Å²) >= 11 is 0. The topological polar surface area (TPSA) is 154 Å². The Balaban J connectivity index is 1.33. The van der Waals surface area contributed by atoms with Crippen LogP contribution >= 0.6 is 0 Å². The van der Waals surface area contributed by atoms with Crippen molar-refractivity contribution in [3.63, 3.8) is 0 Å². The number of amidine groups is 1. The van der Waals surface area contributed by atoms with Crippen LogP contribution in [0.15, 0.2) is 65.2 Å². The van der Waals surface area contributed by atoms with Gasteiger partial charge in [0.25, 0.3) is 5.91 Å². The van der Waals surface area contributed by atoms with E-state index in [4.69, 9.17) is 10.5 Å². The van der Waals surface area contributed by atoms with E-state index in [1.54, 1.807) is 36.5 Å². The van der Waals surface area contributed by atoms with Gasteiger partial charge in [0.05, 0.1) is 27.8 Å². The number of hydrogen-bond donors (Lipinski definition) is 3. The molecule has 0 radical (unpaired) electrons. The molecular weight excluding hydrogens is 494 g/mol. The number of nitrogens with zero attached hydrogens (tertiary/aromatic N) is 4. The Hall–Kier alpha value is -4.45. The van der Waals surface area contributed by atoms with Crippen molar-refractivity contribution in [2.45, 2.75) is 26.3 Å². The van der Waals surface area contributed by atoms with Crippen molar-refractivity contribution in [2.75, 3.05) is 11.3 Å². The number of ether oxygens (including phenoxy) is 1. The number of carbonyl (C=O) groups is 1. The third-order valence-electron chi connectivity index (χ3n) is 5.75. The van der Waals surface area contributed by atoms with Crippen molar-refractivity contribution < 1.29 is 17.9 Å². The second kappa shape index (κ2) is 8.89. The molecule has 0 saturated heterocycles. The van der Waals surface area contributed by atoms with E-state index in [0.29, 0.717) is 22.7 Å². The molecule has 5 rings (SSSR count). The minimum Gasteiger partial charge on any atom is -0.490 e. The molecule has 2 aromatic carbocycles. The normalized spacial score (nSPS) is 14.4. The predicted molar refractivity (Wildman–Crippen MR) is 140 cm³/mol. The first-order valence-corrected chi connectivity index (χ1v) is 12.8. The van der Waals surface area contributed by atoms with E-state index >= 15 is 0 Å². The number of nitrogens with one attached hydrogen (secondary N) is 2. The van der Waals surface area contributed by atoms with Crippen molar-refractivity contribution in [1.82, 2.24) is 19.9 Å². The average Bonchev–Trinajstić information content (AvgIpc) is 3.17. The molecule has 37 heavy (non-hydrogen) atoms. The summed E-state index contributed by atoms with van der Waals surface area (Å²) in [6.07, 6.45) is 1.58. The summed E-state index contributed by atoms with van der Waals surface area (Å²) < 4.78 is 37.3. The number of hydrogen-bond acceptors (Lipinski definition) is 7. The highest BCUT2D eigenvalue weighted by Gasteiger charge is 2.27. The first kappa shape index (κ1) is 24.3. The number of aromatic nitrogens is 3. The molecule has 12 heteroatoms. The van der Waals surface area contributed by atoms with Crippen LogP contribution < -0.4 is 20.5 Å². The van der Waals surface area contributed by atoms with Crippen LogP contribution in [-0.2, 0) is 10.2 Å². The molecule has 0 fully saturated rings. The number of imidazole rings is 1. The second-order valence-electron chi connectivity index (χ2n) is 9.24. The molecule has 4 N–H and O–H groups in total. The van der Waals surface area contributed by atoms with Gasteiger partial charge in [-0.25, -0.2) is 9.97 Å². The van der Waals surface area contributed by atoms with Crippen molar-refractivity contribution in [3.05, 3.63) is 77.7 Å². The van der Waals surface area contributed by atoms with Gasteiger partial charge in [0.1, 0.15) is 24.0 Å². The second-order valence-corrected chi connectivity index (χ2v) is 10.6. The molecular formula is C25H25N7O4S. The molecule has 1 aliphatic rings. The Kier molecular flexibility index (Phi) is 5.83. The largest absolute Gasteiger partial charge is 0.490 e. The van der Waals surface area contributed by atoms with Crippen LogP contribution in [0.1, 0.15) is 35.6 Å². The summed E-state index contributed by atoms with van der Waals surface area (Å²) in [5.41, 5.74) is 7.89. The zero-order valence-electron chi connectivity index (χ0n) is 20.4. The van der Waals surface area contributed by atoms with Gasteiger partial charge in [0, 0.05) is 11.8 Å². The van der Waals surface area contributed by atoms with Gasteiger partial charge in [-0.15, -0.1) is 4.40 Å². The number of carbonyl (C=O) groups excluding carboxylic acids is 1. The van der Waals surface area contributed by atoms with Crippen LogP contribution in [-0.4, -0.2) is 46.8 Å². The number of benzene rings is 2. The van der Waals surface area contributed by atoms with E-state index in [-0.39, 0.29) is 24.0 Å². The molecule has 11 nitrogen and oxygen atoms in total. The number of fused-ring (bicyclic) bond motifs is 2. The summed E-state index contributed by atoms with van der Waals surface area (Å²) in [7, 11) is -3.90. The fourth-order valence-electron chi connectivity index (χ4n) is 4.13. The standard InChI is InChI=1S/C25H25N7O4S/c1-15-28-17-7-4-5-9-19(17)32(15)21-13-16(11-12-27-21)24(33)29-25(2,3)14-36-20-10-6-8-18-22(20)23(26)31-37(34,35)30-18/h4-13,30H,14H2,1-3H3,(H2,26,31)(H,29,33). The van der Waals surface area contributed by atoms with Gasteiger partial charge in [-0.1, -0.05) is 18.2 Å². The van der Waals surface area contributed by atoms with E-state index in [0.717, 1.165) is 16.9 Å². The predicted octanol–water partition coefficient (Wildman–Crippen LogP) is 2.69. The molecule has 0 spiro atoms. The molecule has 1 aliphatic heterocycles. The zero-order chi connectivity index (χ0) is 26.4.